The van der Waals surface area contributed by atoms with Crippen molar-refractivity contribution in [1.29, 1.82) is 0 Å². The van der Waals surface area contributed by atoms with Gasteiger partial charge in [-0.1, -0.05) is 12.1 Å². The Morgan fingerprint density at radius 2 is 1.90 bits per heavy atom. The Balaban J connectivity index is 2.76. The minimum absolute atomic E-state index is 0.0193. The van der Waals surface area contributed by atoms with E-state index in [-0.39, 0.29) is 18.6 Å². The van der Waals surface area contributed by atoms with Gasteiger partial charge in [0.05, 0.1) is 6.61 Å². The van der Waals surface area contributed by atoms with E-state index in [0.29, 0.717) is 18.7 Å². The molecule has 0 aliphatic carbocycles. The van der Waals surface area contributed by atoms with Crippen LogP contribution in [0.25, 0.3) is 0 Å². The quantitative estimate of drug-likeness (QED) is 0.715. The second kappa shape index (κ2) is 7.49. The number of nitrogens with one attached hydrogen (secondary N) is 1. The molecule has 0 aliphatic heterocycles. The fraction of sp³-hybridized carbons (Fsp3) is 0.429. The Bertz CT molecular complexity index is 457. The van der Waals surface area contributed by atoms with Gasteiger partial charge in [-0.25, -0.2) is 4.79 Å². The average Bonchev–Trinajstić information content (AvgIpc) is 2.42. The van der Waals surface area contributed by atoms with Crippen molar-refractivity contribution < 1.29 is 14.7 Å². The summed E-state index contributed by atoms with van der Waals surface area (Å²) in [7, 11) is 0. The van der Waals surface area contributed by atoms with Crippen molar-refractivity contribution in [2.24, 2.45) is 5.73 Å². The van der Waals surface area contributed by atoms with E-state index >= 15 is 0 Å². The number of nitrogens with zero attached hydrogens (tertiary/aromatic N) is 1. The number of hydrogen-bond donors (Lipinski definition) is 3. The normalized spacial score (nSPS) is 10.4. The highest BCUT2D eigenvalue weighted by Crippen LogP contribution is 2.10. The Morgan fingerprint density at radius 3 is 2.35 bits per heavy atom. The van der Waals surface area contributed by atoms with E-state index in [9.17, 15) is 9.59 Å². The Kier molecular flexibility index (Phi) is 5.99. The average molecular weight is 279 g/mol. The van der Waals surface area contributed by atoms with Crippen molar-refractivity contribution in [2.75, 3.05) is 13.2 Å². The van der Waals surface area contributed by atoms with Crippen molar-refractivity contribution in [3.63, 3.8) is 0 Å². The van der Waals surface area contributed by atoms with Crippen molar-refractivity contribution in [3.05, 3.63) is 35.4 Å². The van der Waals surface area contributed by atoms with Crippen molar-refractivity contribution in [2.45, 2.75) is 26.4 Å². The highest BCUT2D eigenvalue weighted by atomic mass is 16.3. The molecule has 0 saturated carbocycles. The molecule has 0 radical (unpaired) electrons. The number of rotatable bonds is 6. The van der Waals surface area contributed by atoms with Crippen molar-refractivity contribution in [1.82, 2.24) is 10.2 Å². The van der Waals surface area contributed by atoms with E-state index in [1.807, 2.05) is 13.8 Å². The largest absolute Gasteiger partial charge is 0.395 e. The summed E-state index contributed by atoms with van der Waals surface area (Å²) in [5, 5.41) is 11.5. The molecule has 6 nitrogen and oxygen atoms in total. The molecule has 3 amide bonds. The lowest BCUT2D eigenvalue weighted by atomic mass is 10.1. The summed E-state index contributed by atoms with van der Waals surface area (Å²) in [4.78, 5) is 24.5. The number of amides is 3. The van der Waals surface area contributed by atoms with Crippen LogP contribution < -0.4 is 11.1 Å². The van der Waals surface area contributed by atoms with Gasteiger partial charge in [0.2, 0.25) is 0 Å². The summed E-state index contributed by atoms with van der Waals surface area (Å²) in [5.74, 6) is -0.122. The first-order valence-corrected chi connectivity index (χ1v) is 6.49. The molecule has 1 rings (SSSR count). The number of aliphatic hydroxyl groups excluding tert-OH is 1. The van der Waals surface area contributed by atoms with Crippen molar-refractivity contribution >= 4 is 11.9 Å². The third kappa shape index (κ3) is 4.55. The Morgan fingerprint density at radius 1 is 1.30 bits per heavy atom. The molecular weight excluding hydrogens is 258 g/mol. The van der Waals surface area contributed by atoms with Crippen LogP contribution in [0.5, 0.6) is 0 Å². The summed E-state index contributed by atoms with van der Waals surface area (Å²) < 4.78 is 0. The number of carbonyl (C=O) groups is 2. The molecule has 0 heterocycles. The number of aliphatic hydroxyl groups is 1. The van der Waals surface area contributed by atoms with Crippen LogP contribution in [-0.2, 0) is 6.54 Å². The summed E-state index contributed by atoms with van der Waals surface area (Å²) >= 11 is 0. The van der Waals surface area contributed by atoms with E-state index in [0.717, 1.165) is 5.56 Å². The van der Waals surface area contributed by atoms with Gasteiger partial charge in [0, 0.05) is 24.7 Å². The van der Waals surface area contributed by atoms with Crippen molar-refractivity contribution in [3.8, 4) is 0 Å². The predicted molar refractivity (Wildman–Crippen MR) is 76.1 cm³/mol. The maximum absolute atomic E-state index is 12.3. The lowest BCUT2D eigenvalue weighted by Gasteiger charge is -2.26. The molecule has 4 N–H and O–H groups in total. The topological polar surface area (TPSA) is 95.7 Å². The summed E-state index contributed by atoms with van der Waals surface area (Å²) in [5.41, 5.74) is 6.40. The lowest BCUT2D eigenvalue weighted by molar-refractivity contribution is 0.0665. The summed E-state index contributed by atoms with van der Waals surface area (Å²) in [6.07, 6.45) is 0. The van der Waals surface area contributed by atoms with Crippen LogP contribution in [-0.4, -0.2) is 41.1 Å². The maximum Gasteiger partial charge on any atom is 0.312 e. The van der Waals surface area contributed by atoms with Gasteiger partial charge in [0.15, 0.2) is 0 Å². The molecule has 0 atom stereocenters. The molecule has 0 bridgehead atoms. The predicted octanol–water partition coefficient (Wildman–Crippen LogP) is 0.698. The lowest BCUT2D eigenvalue weighted by Crippen LogP contribution is -2.39. The van der Waals surface area contributed by atoms with Crippen LogP contribution >= 0.6 is 0 Å². The van der Waals surface area contributed by atoms with Crippen LogP contribution in [0, 0.1) is 0 Å². The molecule has 0 aliphatic rings. The monoisotopic (exact) mass is 279 g/mol. The molecule has 110 valence electrons. The van der Waals surface area contributed by atoms with Gasteiger partial charge < -0.3 is 21.1 Å². The van der Waals surface area contributed by atoms with Gasteiger partial charge in [0.25, 0.3) is 5.91 Å². The molecule has 0 aromatic heterocycles. The highest BCUT2D eigenvalue weighted by molar-refractivity contribution is 5.94. The fourth-order valence-corrected chi connectivity index (χ4v) is 1.82. The first-order chi connectivity index (χ1) is 9.45. The molecule has 0 saturated heterocycles. The zero-order valence-electron chi connectivity index (χ0n) is 11.8. The molecule has 1 aromatic carbocycles. The smallest absolute Gasteiger partial charge is 0.312 e. The number of hydrogen-bond acceptors (Lipinski definition) is 3. The van der Waals surface area contributed by atoms with E-state index in [4.69, 9.17) is 10.8 Å². The second-order valence-corrected chi connectivity index (χ2v) is 4.73. The van der Waals surface area contributed by atoms with E-state index in [2.05, 4.69) is 5.32 Å². The third-order valence-corrected chi connectivity index (χ3v) is 2.89. The van der Waals surface area contributed by atoms with Crippen LogP contribution in [0.3, 0.4) is 0 Å². The number of carbonyl (C=O) groups excluding carboxylic acids is 2. The SMILES string of the molecule is CC(C)N(CCO)C(=O)c1ccc(CNC(N)=O)cc1. The second-order valence-electron chi connectivity index (χ2n) is 4.73. The van der Waals surface area contributed by atoms with Crippen LogP contribution in [0.2, 0.25) is 0 Å². The van der Waals surface area contributed by atoms with Crippen LogP contribution in [0.15, 0.2) is 24.3 Å². The Labute approximate surface area is 118 Å². The Hall–Kier alpha value is -2.08. The zero-order valence-corrected chi connectivity index (χ0v) is 11.8. The molecular formula is C14H21N3O3. The van der Waals surface area contributed by atoms with Gasteiger partial charge >= 0.3 is 6.03 Å². The van der Waals surface area contributed by atoms with Crippen LogP contribution in [0.1, 0.15) is 29.8 Å². The molecule has 0 spiro atoms. The maximum atomic E-state index is 12.3. The molecule has 1 aromatic rings. The number of urea groups is 1. The van der Waals surface area contributed by atoms with E-state index in [1.54, 1.807) is 29.2 Å². The van der Waals surface area contributed by atoms with Gasteiger partial charge in [-0.2, -0.15) is 0 Å². The van der Waals surface area contributed by atoms with Crippen LogP contribution in [0.4, 0.5) is 4.79 Å². The standard InChI is InChI=1S/C14H21N3O3/c1-10(2)17(7-8-18)13(19)12-5-3-11(4-6-12)9-16-14(15)20/h3-6,10,18H,7-9H2,1-2H3,(H3,15,16,20). The fourth-order valence-electron chi connectivity index (χ4n) is 1.82. The minimum Gasteiger partial charge on any atom is -0.395 e. The summed E-state index contributed by atoms with van der Waals surface area (Å²) in [6, 6.07) is 6.37. The molecule has 6 heteroatoms. The highest BCUT2D eigenvalue weighted by Gasteiger charge is 2.17. The molecule has 0 unspecified atom stereocenters. The van der Waals surface area contributed by atoms with Gasteiger partial charge in [-0.3, -0.25) is 4.79 Å². The molecule has 20 heavy (non-hydrogen) atoms. The third-order valence-electron chi connectivity index (χ3n) is 2.89. The number of primary amides is 1. The van der Waals surface area contributed by atoms with E-state index in [1.165, 1.54) is 0 Å². The van der Waals surface area contributed by atoms with Gasteiger partial charge in [0.1, 0.15) is 0 Å². The van der Waals surface area contributed by atoms with Gasteiger partial charge in [-0.15, -0.1) is 0 Å². The van der Waals surface area contributed by atoms with Gasteiger partial charge in [-0.05, 0) is 31.5 Å². The first-order valence-electron chi connectivity index (χ1n) is 6.49. The number of nitrogens with two attached hydrogens (primary N) is 1. The summed E-state index contributed by atoms with van der Waals surface area (Å²) in [6.45, 7) is 4.37. The van der Waals surface area contributed by atoms with E-state index < -0.39 is 6.03 Å². The molecule has 0 fully saturated rings. The number of benzene rings is 1. The first kappa shape index (κ1) is 16.0. The minimum atomic E-state index is -0.584. The zero-order chi connectivity index (χ0) is 15.1.